The van der Waals surface area contributed by atoms with Crippen LogP contribution in [-0.4, -0.2) is 30.1 Å². The first-order valence-corrected chi connectivity index (χ1v) is 11.1. The van der Waals surface area contributed by atoms with Crippen molar-refractivity contribution in [2.45, 2.75) is 23.2 Å². The first-order valence-electron chi connectivity index (χ1n) is 10.3. The third kappa shape index (κ3) is 5.18. The highest BCUT2D eigenvalue weighted by atomic mass is 32.2. The van der Waals surface area contributed by atoms with E-state index in [0.717, 1.165) is 4.90 Å². The molecule has 2 N–H and O–H groups in total. The van der Waals surface area contributed by atoms with Gasteiger partial charge in [0, 0.05) is 22.2 Å². The summed E-state index contributed by atoms with van der Waals surface area (Å²) in [6, 6.07) is 20.6. The van der Waals surface area contributed by atoms with Crippen LogP contribution in [0.4, 0.5) is 11.4 Å². The lowest BCUT2D eigenvalue weighted by Gasteiger charge is -2.22. The fraction of sp³-hybridized carbons (Fsp3) is 0.160. The van der Waals surface area contributed by atoms with Crippen LogP contribution in [-0.2, 0) is 14.3 Å². The van der Waals surface area contributed by atoms with Gasteiger partial charge in [-0.05, 0) is 37.3 Å². The molecule has 1 aliphatic rings. The molecule has 1 aliphatic heterocycles. The van der Waals surface area contributed by atoms with Crippen molar-refractivity contribution in [3.05, 3.63) is 83.9 Å². The van der Waals surface area contributed by atoms with Crippen LogP contribution in [0.2, 0.25) is 0 Å². The summed E-state index contributed by atoms with van der Waals surface area (Å²) in [6.07, 6.45) is -1.18. The molecule has 4 rings (SSSR count). The average molecular weight is 463 g/mol. The Kier molecular flexibility index (Phi) is 6.65. The van der Waals surface area contributed by atoms with Crippen LogP contribution in [0.5, 0.6) is 5.75 Å². The summed E-state index contributed by atoms with van der Waals surface area (Å²) in [4.78, 5) is 38.9. The maximum absolute atomic E-state index is 13.1. The van der Waals surface area contributed by atoms with Crippen LogP contribution in [0.1, 0.15) is 28.9 Å². The van der Waals surface area contributed by atoms with Gasteiger partial charge in [0.25, 0.3) is 5.91 Å². The first kappa shape index (κ1) is 22.4. The molecule has 0 bridgehead atoms. The molecule has 7 nitrogen and oxygen atoms in total. The molecule has 33 heavy (non-hydrogen) atoms. The van der Waals surface area contributed by atoms with Crippen LogP contribution in [0.3, 0.4) is 0 Å². The Hall–Kier alpha value is -3.78. The van der Waals surface area contributed by atoms with Gasteiger partial charge >= 0.3 is 5.97 Å². The molecule has 2 atom stereocenters. The minimum absolute atomic E-state index is 0.127. The number of hydrogen-bond donors (Lipinski definition) is 2. The molecule has 0 aromatic heterocycles. The number of amides is 2. The molecule has 2 amide bonds. The van der Waals surface area contributed by atoms with E-state index in [0.29, 0.717) is 22.7 Å². The van der Waals surface area contributed by atoms with Crippen molar-refractivity contribution in [1.29, 1.82) is 0 Å². The molecule has 2 unspecified atom stereocenters. The molecule has 0 saturated carbocycles. The summed E-state index contributed by atoms with van der Waals surface area (Å²) in [5.41, 5.74) is 1.83. The number of rotatable bonds is 6. The number of fused-ring (bicyclic) bond motifs is 1. The second-order valence-electron chi connectivity index (χ2n) is 7.38. The van der Waals surface area contributed by atoms with Crippen LogP contribution in [0, 0.1) is 0 Å². The number of methoxy groups -OCH3 is 1. The lowest BCUT2D eigenvalue weighted by atomic mass is 10.1. The number of carbonyl (C=O) groups is 3. The number of hydrogen-bond acceptors (Lipinski definition) is 6. The number of nitrogens with one attached hydrogen (secondary N) is 2. The average Bonchev–Trinajstić information content (AvgIpc) is 2.83. The fourth-order valence-corrected chi connectivity index (χ4v) is 4.25. The largest absolute Gasteiger partial charge is 0.497 e. The minimum atomic E-state index is -1.18. The van der Waals surface area contributed by atoms with E-state index in [9.17, 15) is 14.4 Å². The first-order chi connectivity index (χ1) is 15.9. The van der Waals surface area contributed by atoms with E-state index in [1.165, 1.54) is 18.9 Å². The summed E-state index contributed by atoms with van der Waals surface area (Å²) in [5.74, 6) is -0.717. The number of anilines is 2. The number of benzene rings is 3. The SMILES string of the molecule is COc1cccc(NC(=O)C(OC(=O)c2ccc3c(c2)NC(=O)C(C)S3)c2ccccc2)c1. The van der Waals surface area contributed by atoms with Gasteiger partial charge in [-0.2, -0.15) is 0 Å². The molecule has 3 aromatic rings. The Balaban J connectivity index is 1.57. The normalized spacial score (nSPS) is 15.6. The maximum Gasteiger partial charge on any atom is 0.339 e. The van der Waals surface area contributed by atoms with Gasteiger partial charge in [-0.25, -0.2) is 4.79 Å². The van der Waals surface area contributed by atoms with E-state index < -0.39 is 18.0 Å². The molecule has 3 aromatic carbocycles. The van der Waals surface area contributed by atoms with Crippen molar-refractivity contribution in [3.63, 3.8) is 0 Å². The second kappa shape index (κ2) is 9.79. The molecule has 0 aliphatic carbocycles. The zero-order valence-corrected chi connectivity index (χ0v) is 18.8. The lowest BCUT2D eigenvalue weighted by Crippen LogP contribution is -2.27. The van der Waals surface area contributed by atoms with Crippen molar-refractivity contribution in [2.24, 2.45) is 0 Å². The van der Waals surface area contributed by atoms with E-state index >= 15 is 0 Å². The summed E-state index contributed by atoms with van der Waals surface area (Å²) < 4.78 is 10.8. The predicted octanol–water partition coefficient (Wildman–Crippen LogP) is 4.66. The molecule has 0 spiro atoms. The van der Waals surface area contributed by atoms with Crippen LogP contribution >= 0.6 is 11.8 Å². The van der Waals surface area contributed by atoms with E-state index in [4.69, 9.17) is 9.47 Å². The molecular formula is C25H22N2O5S. The van der Waals surface area contributed by atoms with Crippen LogP contribution in [0.25, 0.3) is 0 Å². The summed E-state index contributed by atoms with van der Waals surface area (Å²) in [7, 11) is 1.54. The summed E-state index contributed by atoms with van der Waals surface area (Å²) >= 11 is 1.42. The van der Waals surface area contributed by atoms with Crippen LogP contribution in [0.15, 0.2) is 77.7 Å². The number of thioether (sulfide) groups is 1. The third-order valence-corrected chi connectivity index (χ3v) is 6.23. The topological polar surface area (TPSA) is 93.7 Å². The Morgan fingerprint density at radius 3 is 2.58 bits per heavy atom. The van der Waals surface area contributed by atoms with Crippen molar-refractivity contribution in [3.8, 4) is 5.75 Å². The van der Waals surface area contributed by atoms with Crippen molar-refractivity contribution >= 4 is 40.9 Å². The maximum atomic E-state index is 13.1. The fourth-order valence-electron chi connectivity index (χ4n) is 3.32. The molecule has 1 heterocycles. The monoisotopic (exact) mass is 462 g/mol. The quantitative estimate of drug-likeness (QED) is 0.518. The number of esters is 1. The molecule has 0 saturated heterocycles. The van der Waals surface area contributed by atoms with Gasteiger partial charge in [0.15, 0.2) is 0 Å². The summed E-state index contributed by atoms with van der Waals surface area (Å²) in [6.45, 7) is 1.82. The highest BCUT2D eigenvalue weighted by Gasteiger charge is 2.28. The van der Waals surface area contributed by atoms with Gasteiger partial charge < -0.3 is 20.1 Å². The van der Waals surface area contributed by atoms with Crippen molar-refractivity contribution < 1.29 is 23.9 Å². The zero-order valence-electron chi connectivity index (χ0n) is 18.0. The van der Waals surface area contributed by atoms with Crippen LogP contribution < -0.4 is 15.4 Å². The van der Waals surface area contributed by atoms with Crippen molar-refractivity contribution in [1.82, 2.24) is 0 Å². The highest BCUT2D eigenvalue weighted by molar-refractivity contribution is 8.00. The van der Waals surface area contributed by atoms with Crippen molar-refractivity contribution in [2.75, 3.05) is 17.7 Å². The Labute approximate surface area is 195 Å². The number of carbonyl (C=O) groups excluding carboxylic acids is 3. The molecule has 8 heteroatoms. The smallest absolute Gasteiger partial charge is 0.339 e. The molecule has 168 valence electrons. The zero-order chi connectivity index (χ0) is 23.4. The molecular weight excluding hydrogens is 440 g/mol. The van der Waals surface area contributed by atoms with Gasteiger partial charge in [0.1, 0.15) is 5.75 Å². The van der Waals surface area contributed by atoms with Gasteiger partial charge in [-0.15, -0.1) is 11.8 Å². The minimum Gasteiger partial charge on any atom is -0.497 e. The molecule has 0 radical (unpaired) electrons. The third-order valence-electron chi connectivity index (χ3n) is 5.05. The predicted molar refractivity (Wildman–Crippen MR) is 127 cm³/mol. The van der Waals surface area contributed by atoms with Gasteiger partial charge in [0.2, 0.25) is 12.0 Å². The second-order valence-corrected chi connectivity index (χ2v) is 8.76. The lowest BCUT2D eigenvalue weighted by molar-refractivity contribution is -0.125. The summed E-state index contributed by atoms with van der Waals surface area (Å²) in [5, 5.41) is 5.36. The van der Waals surface area contributed by atoms with E-state index in [2.05, 4.69) is 10.6 Å². The standard InChI is InChI=1S/C25H22N2O5S/c1-15-23(28)27-20-13-17(11-12-21(20)33-15)25(30)32-22(16-7-4-3-5-8-16)24(29)26-18-9-6-10-19(14-18)31-2/h3-15,22H,1-2H3,(H,26,29)(H,27,28). The van der Waals surface area contributed by atoms with Gasteiger partial charge in [-0.3, -0.25) is 9.59 Å². The van der Waals surface area contributed by atoms with Gasteiger partial charge in [0.05, 0.1) is 23.6 Å². The van der Waals surface area contributed by atoms with E-state index in [1.54, 1.807) is 66.7 Å². The van der Waals surface area contributed by atoms with E-state index in [-0.39, 0.29) is 16.7 Å². The number of ether oxygens (including phenoxy) is 2. The Bertz CT molecular complexity index is 1200. The van der Waals surface area contributed by atoms with E-state index in [1.807, 2.05) is 13.0 Å². The van der Waals surface area contributed by atoms with Gasteiger partial charge in [-0.1, -0.05) is 36.4 Å². The Morgan fingerprint density at radius 1 is 1.03 bits per heavy atom. The highest BCUT2D eigenvalue weighted by Crippen LogP contribution is 2.36. The Morgan fingerprint density at radius 2 is 1.82 bits per heavy atom. The molecule has 0 fully saturated rings.